The van der Waals surface area contributed by atoms with E-state index in [0.717, 1.165) is 16.7 Å². The summed E-state index contributed by atoms with van der Waals surface area (Å²) in [6, 6.07) is 9.80. The van der Waals surface area contributed by atoms with Crippen molar-refractivity contribution in [3.8, 4) is 5.88 Å². The third-order valence-corrected chi connectivity index (χ3v) is 6.81. The quantitative estimate of drug-likeness (QED) is 0.618. The van der Waals surface area contributed by atoms with Gasteiger partial charge >= 0.3 is 6.09 Å². The second-order valence-electron chi connectivity index (χ2n) is 10.6. The Morgan fingerprint density at radius 2 is 1.89 bits per heavy atom. The number of aromatic nitrogens is 1. The summed E-state index contributed by atoms with van der Waals surface area (Å²) in [4.78, 5) is 58.0. The molecule has 5 rings (SSSR count). The predicted octanol–water partition coefficient (Wildman–Crippen LogP) is 3.23. The van der Waals surface area contributed by atoms with E-state index in [-0.39, 0.29) is 31.3 Å². The van der Waals surface area contributed by atoms with Gasteiger partial charge < -0.3 is 14.4 Å². The Kier molecular flexibility index (Phi) is 6.42. The number of methoxy groups -OCH3 is 1. The monoisotopic (exact) mass is 518 g/mol. The molecule has 2 aromatic rings. The third-order valence-electron chi connectivity index (χ3n) is 6.81. The van der Waals surface area contributed by atoms with Crippen molar-refractivity contribution in [3.05, 3.63) is 64.9 Å². The van der Waals surface area contributed by atoms with Crippen LogP contribution in [-0.4, -0.2) is 63.9 Å². The molecule has 4 heterocycles. The van der Waals surface area contributed by atoms with E-state index in [1.807, 2.05) is 51.1 Å². The molecule has 1 N–H and O–H groups in total. The lowest BCUT2D eigenvalue weighted by molar-refractivity contribution is -0.136. The first kappa shape index (κ1) is 25.4. The highest BCUT2D eigenvalue weighted by atomic mass is 16.6. The Hall–Kier alpha value is -4.21. The zero-order valence-corrected chi connectivity index (χ0v) is 21.8. The van der Waals surface area contributed by atoms with Crippen LogP contribution in [0.5, 0.6) is 5.88 Å². The topological polar surface area (TPSA) is 118 Å². The molecular weight excluding hydrogens is 488 g/mol. The van der Waals surface area contributed by atoms with Gasteiger partial charge in [-0.2, -0.15) is 0 Å². The van der Waals surface area contributed by atoms with Gasteiger partial charge in [0.2, 0.25) is 17.7 Å². The molecule has 3 aliphatic rings. The first-order chi connectivity index (χ1) is 18.0. The smallest absolute Gasteiger partial charge is 0.411 e. The number of imide groups is 1. The molecule has 0 radical (unpaired) electrons. The maximum absolute atomic E-state index is 13.2. The first-order valence-corrected chi connectivity index (χ1v) is 12.5. The number of nitrogens with zero attached hydrogens (tertiary/aromatic N) is 3. The second-order valence-corrected chi connectivity index (χ2v) is 10.6. The molecule has 0 aliphatic carbocycles. The Bertz CT molecular complexity index is 1360. The molecule has 1 saturated heterocycles. The van der Waals surface area contributed by atoms with Crippen molar-refractivity contribution in [2.24, 2.45) is 0 Å². The average molecular weight is 519 g/mol. The molecule has 10 heteroatoms. The summed E-state index contributed by atoms with van der Waals surface area (Å²) < 4.78 is 11.0. The molecule has 38 heavy (non-hydrogen) atoms. The van der Waals surface area contributed by atoms with E-state index in [0.29, 0.717) is 23.6 Å². The van der Waals surface area contributed by atoms with Crippen molar-refractivity contribution in [2.75, 3.05) is 13.7 Å². The van der Waals surface area contributed by atoms with Gasteiger partial charge in [0.25, 0.3) is 5.91 Å². The standard InChI is InChI=1S/C28H30N4O6/c1-28(2,3)38-27(36)32-15-18(20-6-5-7-24(29-20)37-4)13-22(32)16-8-9-19-17(12-16)14-31(26(19)35)21-10-11-23(33)30-25(21)34/h5-9,12-13,21-22H,10-11,14-15H2,1-4H3,(H,30,33,34). The van der Waals surface area contributed by atoms with Crippen molar-refractivity contribution in [2.45, 2.75) is 57.8 Å². The summed E-state index contributed by atoms with van der Waals surface area (Å²) in [5.74, 6) is -0.546. The van der Waals surface area contributed by atoms with Gasteiger partial charge in [-0.25, -0.2) is 9.78 Å². The molecule has 0 spiro atoms. The Morgan fingerprint density at radius 1 is 1.11 bits per heavy atom. The van der Waals surface area contributed by atoms with Crippen LogP contribution in [0, 0.1) is 0 Å². The van der Waals surface area contributed by atoms with Crippen molar-refractivity contribution in [1.29, 1.82) is 0 Å². The number of pyridine rings is 1. The minimum absolute atomic E-state index is 0.195. The van der Waals surface area contributed by atoms with E-state index in [2.05, 4.69) is 10.3 Å². The number of carbonyl (C=O) groups is 4. The van der Waals surface area contributed by atoms with Crippen LogP contribution < -0.4 is 10.1 Å². The number of hydrogen-bond acceptors (Lipinski definition) is 7. The van der Waals surface area contributed by atoms with Gasteiger partial charge in [-0.05, 0) is 56.0 Å². The second kappa shape index (κ2) is 9.59. The number of benzene rings is 1. The van der Waals surface area contributed by atoms with Crippen molar-refractivity contribution in [3.63, 3.8) is 0 Å². The number of hydrogen-bond donors (Lipinski definition) is 1. The van der Waals surface area contributed by atoms with Crippen LogP contribution in [0.25, 0.3) is 5.57 Å². The number of rotatable bonds is 4. The Morgan fingerprint density at radius 3 is 2.61 bits per heavy atom. The molecule has 1 aromatic carbocycles. The molecule has 1 aromatic heterocycles. The molecule has 198 valence electrons. The van der Waals surface area contributed by atoms with Crippen LogP contribution in [0.15, 0.2) is 42.5 Å². The minimum atomic E-state index is -0.688. The van der Waals surface area contributed by atoms with Gasteiger partial charge in [0.1, 0.15) is 11.6 Å². The van der Waals surface area contributed by atoms with Crippen LogP contribution in [-0.2, 0) is 20.9 Å². The first-order valence-electron chi connectivity index (χ1n) is 12.5. The van der Waals surface area contributed by atoms with Gasteiger partial charge in [-0.3, -0.25) is 24.6 Å². The predicted molar refractivity (Wildman–Crippen MR) is 137 cm³/mol. The van der Waals surface area contributed by atoms with E-state index < -0.39 is 29.7 Å². The summed E-state index contributed by atoms with van der Waals surface area (Å²) in [6.07, 6.45) is 2.01. The van der Waals surface area contributed by atoms with E-state index in [4.69, 9.17) is 9.47 Å². The van der Waals surface area contributed by atoms with E-state index in [1.165, 1.54) is 4.90 Å². The zero-order valence-electron chi connectivity index (χ0n) is 21.8. The summed E-state index contributed by atoms with van der Waals surface area (Å²) >= 11 is 0. The highest BCUT2D eigenvalue weighted by Gasteiger charge is 2.40. The maximum atomic E-state index is 13.2. The summed E-state index contributed by atoms with van der Waals surface area (Å²) in [6.45, 7) is 6.00. The fraction of sp³-hybridized carbons (Fsp3) is 0.393. The van der Waals surface area contributed by atoms with E-state index in [9.17, 15) is 19.2 Å². The molecule has 3 aliphatic heterocycles. The SMILES string of the molecule is COc1cccc(C2=CC(c3ccc4c(c3)CN(C3CCC(=O)NC3=O)C4=O)N(C(=O)OC(C)(C)C)C2)n1. The third kappa shape index (κ3) is 4.85. The molecule has 1 fully saturated rings. The van der Waals surface area contributed by atoms with Gasteiger partial charge in [0, 0.05) is 24.6 Å². The average Bonchev–Trinajstić information content (AvgIpc) is 3.45. The van der Waals surface area contributed by atoms with Gasteiger partial charge in [-0.1, -0.05) is 24.3 Å². The maximum Gasteiger partial charge on any atom is 0.411 e. The molecule has 2 atom stereocenters. The van der Waals surface area contributed by atoms with E-state index in [1.54, 1.807) is 24.1 Å². The van der Waals surface area contributed by atoms with Gasteiger partial charge in [0.05, 0.1) is 25.4 Å². The Balaban J connectivity index is 1.46. The van der Waals surface area contributed by atoms with Crippen LogP contribution in [0.4, 0.5) is 4.79 Å². The molecule has 4 amide bonds. The highest BCUT2D eigenvalue weighted by molar-refractivity contribution is 6.05. The number of amides is 4. The minimum Gasteiger partial charge on any atom is -0.481 e. The number of carbonyl (C=O) groups excluding carboxylic acids is 4. The Labute approximate surface area is 220 Å². The van der Waals surface area contributed by atoms with E-state index >= 15 is 0 Å². The van der Waals surface area contributed by atoms with Crippen molar-refractivity contribution in [1.82, 2.24) is 20.1 Å². The lowest BCUT2D eigenvalue weighted by Gasteiger charge is -2.29. The van der Waals surface area contributed by atoms with Crippen LogP contribution >= 0.6 is 0 Å². The summed E-state index contributed by atoms with van der Waals surface area (Å²) in [5, 5.41) is 2.32. The molecular formula is C28H30N4O6. The van der Waals surface area contributed by atoms with Crippen molar-refractivity contribution >= 4 is 29.4 Å². The van der Waals surface area contributed by atoms with Crippen molar-refractivity contribution < 1.29 is 28.7 Å². The van der Waals surface area contributed by atoms with Crippen LogP contribution in [0.1, 0.15) is 66.8 Å². The highest BCUT2D eigenvalue weighted by Crippen LogP contribution is 2.38. The van der Waals surface area contributed by atoms with Gasteiger partial charge in [0.15, 0.2) is 0 Å². The van der Waals surface area contributed by atoms with Gasteiger partial charge in [-0.15, -0.1) is 0 Å². The lowest BCUT2D eigenvalue weighted by Crippen LogP contribution is -2.52. The molecule has 0 bridgehead atoms. The number of piperidine rings is 1. The fourth-order valence-corrected chi connectivity index (χ4v) is 5.04. The molecule has 0 saturated carbocycles. The summed E-state index contributed by atoms with van der Waals surface area (Å²) in [5.41, 5.74) is 2.96. The zero-order chi connectivity index (χ0) is 27.2. The number of fused-ring (bicyclic) bond motifs is 1. The fourth-order valence-electron chi connectivity index (χ4n) is 5.04. The number of ether oxygens (including phenoxy) is 2. The normalized spacial score (nSPS) is 21.3. The summed E-state index contributed by atoms with van der Waals surface area (Å²) in [7, 11) is 1.55. The molecule has 10 nitrogen and oxygen atoms in total. The largest absolute Gasteiger partial charge is 0.481 e. The molecule has 2 unspecified atom stereocenters. The van der Waals surface area contributed by atoms with Crippen LogP contribution in [0.3, 0.4) is 0 Å². The lowest BCUT2D eigenvalue weighted by atomic mass is 10.00. The number of nitrogens with one attached hydrogen (secondary N) is 1. The van der Waals surface area contributed by atoms with Crippen LogP contribution in [0.2, 0.25) is 0 Å².